The van der Waals surface area contributed by atoms with Crippen molar-refractivity contribution >= 4 is 50.4 Å². The Hall–Kier alpha value is -4.08. The predicted octanol–water partition coefficient (Wildman–Crippen LogP) is 4.24. The molecule has 0 saturated heterocycles. The van der Waals surface area contributed by atoms with Gasteiger partial charge in [0.25, 0.3) is 5.91 Å². The summed E-state index contributed by atoms with van der Waals surface area (Å²) in [7, 11) is 0. The largest absolute Gasteiger partial charge is 0.395 e. The summed E-state index contributed by atoms with van der Waals surface area (Å²) in [6.07, 6.45) is 6.00. The van der Waals surface area contributed by atoms with E-state index in [0.29, 0.717) is 11.4 Å². The summed E-state index contributed by atoms with van der Waals surface area (Å²) in [5.74, 6) is 0.461. The molecule has 0 bridgehead atoms. The molecule has 0 spiro atoms. The third kappa shape index (κ3) is 4.91. The van der Waals surface area contributed by atoms with Crippen molar-refractivity contribution in [3.05, 3.63) is 88.2 Å². The summed E-state index contributed by atoms with van der Waals surface area (Å²) in [5.41, 5.74) is 8.01. The zero-order valence-corrected chi connectivity index (χ0v) is 19.9. The van der Waals surface area contributed by atoms with Gasteiger partial charge in [-0.3, -0.25) is 10.2 Å². The van der Waals surface area contributed by atoms with Gasteiger partial charge >= 0.3 is 0 Å². The van der Waals surface area contributed by atoms with Crippen LogP contribution in [0.3, 0.4) is 0 Å². The van der Waals surface area contributed by atoms with E-state index in [-0.39, 0.29) is 19.1 Å². The van der Waals surface area contributed by atoms with Crippen molar-refractivity contribution in [1.82, 2.24) is 20.3 Å². The lowest BCUT2D eigenvalue weighted by molar-refractivity contribution is 0.0945. The maximum absolute atomic E-state index is 12.0. The van der Waals surface area contributed by atoms with E-state index in [1.165, 1.54) is 11.9 Å². The molecule has 3 heterocycles. The molecule has 3 aromatic heterocycles. The van der Waals surface area contributed by atoms with Gasteiger partial charge in [0.15, 0.2) is 5.82 Å². The van der Waals surface area contributed by atoms with E-state index in [1.807, 2.05) is 30.5 Å². The van der Waals surface area contributed by atoms with Crippen molar-refractivity contribution in [3.63, 3.8) is 0 Å². The average molecular weight is 485 g/mol. The quantitative estimate of drug-likeness (QED) is 0.194. The molecular formula is C26H24N6O2S. The first-order valence-corrected chi connectivity index (χ1v) is 12.0. The Morgan fingerprint density at radius 2 is 2.06 bits per heavy atom. The smallest absolute Gasteiger partial charge is 0.251 e. The van der Waals surface area contributed by atoms with E-state index < -0.39 is 0 Å². The van der Waals surface area contributed by atoms with E-state index in [0.717, 1.165) is 43.5 Å². The Kier molecular flexibility index (Phi) is 6.51. The minimum absolute atomic E-state index is 0.0799. The Bertz CT molecular complexity index is 1520. The standard InChI is InChI=1S/C26H24N6O2S/c1-16-3-2-4-22-23(16)19(13-28-22)14-31-32-24-21-12-20(35-26(21)30-15-29-24)11-17-5-7-18(8-6-17)25(34)27-9-10-33/h2-8,12-15,28,33H,9-11H2,1H3,(H,27,34)(H,29,30,32)/b31-14-. The third-order valence-electron chi connectivity index (χ3n) is 5.69. The number of hydrogen-bond acceptors (Lipinski definition) is 7. The lowest BCUT2D eigenvalue weighted by Gasteiger charge is -2.04. The molecule has 0 aliphatic heterocycles. The molecule has 0 aliphatic carbocycles. The molecule has 0 fully saturated rings. The number of H-pyrrole nitrogens is 1. The van der Waals surface area contributed by atoms with Crippen molar-refractivity contribution in [2.75, 3.05) is 18.6 Å². The Balaban J connectivity index is 1.31. The van der Waals surface area contributed by atoms with E-state index in [2.05, 4.69) is 49.9 Å². The SMILES string of the molecule is Cc1cccc2[nH]cc(/C=N\Nc3ncnc4sc(Cc5ccc(C(=O)NCCO)cc5)cc34)c12. The predicted molar refractivity (Wildman–Crippen MR) is 140 cm³/mol. The van der Waals surface area contributed by atoms with E-state index in [1.54, 1.807) is 29.7 Å². The fraction of sp³-hybridized carbons (Fsp3) is 0.154. The van der Waals surface area contributed by atoms with Crippen LogP contribution in [-0.2, 0) is 6.42 Å². The number of thiophene rings is 1. The Labute approximate surface area is 205 Å². The lowest BCUT2D eigenvalue weighted by Crippen LogP contribution is -2.26. The number of carbonyl (C=O) groups is 1. The molecule has 5 rings (SSSR count). The van der Waals surface area contributed by atoms with Crippen LogP contribution < -0.4 is 10.7 Å². The minimum atomic E-state index is -0.193. The Morgan fingerprint density at radius 3 is 2.89 bits per heavy atom. The van der Waals surface area contributed by atoms with Gasteiger partial charge in [-0.05, 0) is 42.3 Å². The molecule has 8 nitrogen and oxygen atoms in total. The second-order valence-corrected chi connectivity index (χ2v) is 9.23. The highest BCUT2D eigenvalue weighted by atomic mass is 32.1. The highest BCUT2D eigenvalue weighted by Gasteiger charge is 2.10. The number of benzene rings is 2. The van der Waals surface area contributed by atoms with Crippen molar-refractivity contribution in [2.45, 2.75) is 13.3 Å². The molecule has 1 amide bonds. The molecular weight excluding hydrogens is 460 g/mol. The molecule has 176 valence electrons. The summed E-state index contributed by atoms with van der Waals surface area (Å²) in [6.45, 7) is 2.25. The maximum atomic E-state index is 12.0. The average Bonchev–Trinajstić information content (AvgIpc) is 3.48. The van der Waals surface area contributed by atoms with Gasteiger partial charge in [0.05, 0.1) is 18.2 Å². The molecule has 0 aliphatic rings. The monoisotopic (exact) mass is 484 g/mol. The highest BCUT2D eigenvalue weighted by Crippen LogP contribution is 2.30. The number of aliphatic hydroxyl groups is 1. The molecule has 5 aromatic rings. The van der Waals surface area contributed by atoms with Crippen LogP contribution in [-0.4, -0.2) is 45.3 Å². The number of aliphatic hydroxyl groups excluding tert-OH is 1. The van der Waals surface area contributed by atoms with Gasteiger partial charge in [0.1, 0.15) is 11.2 Å². The number of aromatic nitrogens is 3. The van der Waals surface area contributed by atoms with Gasteiger partial charge in [0.2, 0.25) is 0 Å². The number of hydrogen-bond donors (Lipinski definition) is 4. The van der Waals surface area contributed by atoms with E-state index in [9.17, 15) is 4.79 Å². The van der Waals surface area contributed by atoms with Gasteiger partial charge in [-0.1, -0.05) is 24.3 Å². The third-order valence-corrected chi connectivity index (χ3v) is 6.73. The normalized spacial score (nSPS) is 11.5. The second-order valence-electron chi connectivity index (χ2n) is 8.12. The first kappa shape index (κ1) is 22.7. The summed E-state index contributed by atoms with van der Waals surface area (Å²) in [4.78, 5) is 26.1. The van der Waals surface area contributed by atoms with Crippen molar-refractivity contribution < 1.29 is 9.90 Å². The van der Waals surface area contributed by atoms with Crippen LogP contribution in [0, 0.1) is 6.92 Å². The number of nitrogens with zero attached hydrogens (tertiary/aromatic N) is 3. The number of aryl methyl sites for hydroxylation is 1. The van der Waals surface area contributed by atoms with E-state index in [4.69, 9.17) is 5.11 Å². The van der Waals surface area contributed by atoms with Crippen LogP contribution in [0.4, 0.5) is 5.82 Å². The van der Waals surface area contributed by atoms with Crippen LogP contribution in [0.25, 0.3) is 21.1 Å². The number of aromatic amines is 1. The first-order chi connectivity index (χ1) is 17.1. The summed E-state index contributed by atoms with van der Waals surface area (Å²) < 4.78 is 0. The van der Waals surface area contributed by atoms with Gasteiger partial charge in [0, 0.05) is 46.1 Å². The number of anilines is 1. The summed E-state index contributed by atoms with van der Waals surface area (Å²) >= 11 is 1.61. The molecule has 0 atom stereocenters. The van der Waals surface area contributed by atoms with Gasteiger partial charge < -0.3 is 15.4 Å². The number of carbonyl (C=O) groups excluding carboxylic acids is 1. The Morgan fingerprint density at radius 1 is 1.20 bits per heavy atom. The summed E-state index contributed by atoms with van der Waals surface area (Å²) in [5, 5.41) is 18.0. The molecule has 2 aromatic carbocycles. The number of fused-ring (bicyclic) bond motifs is 2. The molecule has 35 heavy (non-hydrogen) atoms. The number of nitrogens with one attached hydrogen (secondary N) is 3. The molecule has 4 N–H and O–H groups in total. The first-order valence-electron chi connectivity index (χ1n) is 11.2. The maximum Gasteiger partial charge on any atom is 0.251 e. The fourth-order valence-corrected chi connectivity index (χ4v) is 5.02. The van der Waals surface area contributed by atoms with Gasteiger partial charge in [-0.2, -0.15) is 5.10 Å². The number of amides is 1. The van der Waals surface area contributed by atoms with Crippen molar-refractivity contribution in [3.8, 4) is 0 Å². The van der Waals surface area contributed by atoms with Crippen LogP contribution in [0.5, 0.6) is 0 Å². The van der Waals surface area contributed by atoms with Gasteiger partial charge in [-0.25, -0.2) is 9.97 Å². The van der Waals surface area contributed by atoms with Crippen LogP contribution in [0.15, 0.2) is 66.2 Å². The van der Waals surface area contributed by atoms with Crippen molar-refractivity contribution in [2.24, 2.45) is 5.10 Å². The topological polar surface area (TPSA) is 115 Å². The molecule has 0 radical (unpaired) electrons. The number of hydrazone groups is 1. The van der Waals surface area contributed by atoms with Crippen LogP contribution in [0.1, 0.15) is 31.9 Å². The number of rotatable bonds is 8. The highest BCUT2D eigenvalue weighted by molar-refractivity contribution is 7.18. The van der Waals surface area contributed by atoms with Crippen LogP contribution >= 0.6 is 11.3 Å². The minimum Gasteiger partial charge on any atom is -0.395 e. The zero-order chi connectivity index (χ0) is 24.2. The van der Waals surface area contributed by atoms with Crippen molar-refractivity contribution in [1.29, 1.82) is 0 Å². The molecule has 0 unspecified atom stereocenters. The second kappa shape index (κ2) is 10.0. The summed E-state index contributed by atoms with van der Waals surface area (Å²) in [6, 6.07) is 15.7. The fourth-order valence-electron chi connectivity index (χ4n) is 3.99. The van der Waals surface area contributed by atoms with E-state index >= 15 is 0 Å². The van der Waals surface area contributed by atoms with Gasteiger partial charge in [-0.15, -0.1) is 11.3 Å². The molecule has 0 saturated carbocycles. The van der Waals surface area contributed by atoms with Crippen LogP contribution in [0.2, 0.25) is 0 Å². The lowest BCUT2D eigenvalue weighted by atomic mass is 10.1. The zero-order valence-electron chi connectivity index (χ0n) is 19.1. The molecule has 9 heteroatoms.